The number of fused-ring (bicyclic) bond motifs is 1. The van der Waals surface area contributed by atoms with Gasteiger partial charge in [-0.1, -0.05) is 41.9 Å². The lowest BCUT2D eigenvalue weighted by molar-refractivity contribution is -0.137. The summed E-state index contributed by atoms with van der Waals surface area (Å²) in [5.41, 5.74) is 9.33. The molecule has 2 aromatic carbocycles. The molecule has 0 fully saturated rings. The van der Waals surface area contributed by atoms with Gasteiger partial charge in [0, 0.05) is 40.8 Å². The molecule has 3 rings (SSSR count). The fourth-order valence-electron chi connectivity index (χ4n) is 3.56. The Kier molecular flexibility index (Phi) is 7.09. The first kappa shape index (κ1) is 20.4. The zero-order chi connectivity index (χ0) is 19.9. The van der Waals surface area contributed by atoms with Gasteiger partial charge in [0.05, 0.1) is 6.42 Å². The van der Waals surface area contributed by atoms with Gasteiger partial charge >= 0.3 is 5.97 Å². The minimum absolute atomic E-state index is 0.0465. The highest BCUT2D eigenvalue weighted by molar-refractivity contribution is 6.30. The van der Waals surface area contributed by atoms with E-state index >= 15 is 0 Å². The minimum Gasteiger partial charge on any atom is -0.481 e. The largest absolute Gasteiger partial charge is 0.481 e. The Labute approximate surface area is 169 Å². The molecule has 0 radical (unpaired) electrons. The number of aromatic amines is 1. The minimum atomic E-state index is -0.814. The number of nitrogens with two attached hydrogens (primary N) is 1. The number of benzene rings is 2. The Hall–Kier alpha value is -2.34. The monoisotopic (exact) mass is 399 g/mol. The van der Waals surface area contributed by atoms with Crippen molar-refractivity contribution in [3.8, 4) is 0 Å². The highest BCUT2D eigenvalue weighted by Crippen LogP contribution is 2.20. The van der Waals surface area contributed by atoms with Gasteiger partial charge in [-0.25, -0.2) is 0 Å². The molecule has 1 heterocycles. The number of carboxylic acid groups (broad SMARTS) is 1. The molecule has 28 heavy (non-hydrogen) atoms. The Morgan fingerprint density at radius 2 is 1.89 bits per heavy atom. The van der Waals surface area contributed by atoms with Crippen LogP contribution in [0.5, 0.6) is 0 Å². The quantitative estimate of drug-likeness (QED) is 0.417. The van der Waals surface area contributed by atoms with Gasteiger partial charge in [-0.3, -0.25) is 4.79 Å². The van der Waals surface area contributed by atoms with Crippen LogP contribution in [0.25, 0.3) is 10.9 Å². The molecule has 0 aliphatic rings. The lowest BCUT2D eigenvalue weighted by Crippen LogP contribution is -2.45. The zero-order valence-electron chi connectivity index (χ0n) is 15.7. The second-order valence-corrected chi connectivity index (χ2v) is 7.56. The molecule has 1 unspecified atom stereocenters. The van der Waals surface area contributed by atoms with Crippen LogP contribution in [-0.2, 0) is 17.6 Å². The average molecular weight is 400 g/mol. The number of carboxylic acids is 1. The molecule has 0 bridgehead atoms. The van der Waals surface area contributed by atoms with Gasteiger partial charge in [-0.15, -0.1) is 0 Å². The second-order valence-electron chi connectivity index (χ2n) is 7.12. The molecule has 1 aromatic heterocycles. The van der Waals surface area contributed by atoms with E-state index < -0.39 is 5.97 Å². The molecule has 0 saturated heterocycles. The normalized spacial score (nSPS) is 13.5. The summed E-state index contributed by atoms with van der Waals surface area (Å²) >= 11 is 5.94. The molecular weight excluding hydrogens is 374 g/mol. The van der Waals surface area contributed by atoms with E-state index in [-0.39, 0.29) is 18.5 Å². The van der Waals surface area contributed by atoms with Crippen molar-refractivity contribution in [2.45, 2.75) is 37.8 Å². The molecule has 148 valence electrons. The Bertz CT molecular complexity index is 908. The summed E-state index contributed by atoms with van der Waals surface area (Å²) in [4.78, 5) is 14.6. The molecule has 5 nitrogen and oxygen atoms in total. The van der Waals surface area contributed by atoms with Gasteiger partial charge in [0.25, 0.3) is 0 Å². The van der Waals surface area contributed by atoms with E-state index in [0.717, 1.165) is 34.3 Å². The van der Waals surface area contributed by atoms with E-state index in [9.17, 15) is 9.90 Å². The van der Waals surface area contributed by atoms with Crippen LogP contribution in [0.3, 0.4) is 0 Å². The van der Waals surface area contributed by atoms with Crippen LogP contribution >= 0.6 is 11.6 Å². The molecular formula is C22H26ClN3O2. The summed E-state index contributed by atoms with van der Waals surface area (Å²) in [6, 6.07) is 15.7. The molecule has 0 spiro atoms. The maximum Gasteiger partial charge on any atom is 0.304 e. The molecule has 2 atom stereocenters. The molecule has 0 amide bonds. The lowest BCUT2D eigenvalue weighted by Gasteiger charge is -2.24. The van der Waals surface area contributed by atoms with Crippen molar-refractivity contribution >= 4 is 28.5 Å². The second kappa shape index (κ2) is 9.73. The average Bonchev–Trinajstić information content (AvgIpc) is 3.09. The van der Waals surface area contributed by atoms with Crippen LogP contribution in [0.4, 0.5) is 0 Å². The number of carbonyl (C=O) groups is 1. The Morgan fingerprint density at radius 1 is 1.14 bits per heavy atom. The van der Waals surface area contributed by atoms with Crippen molar-refractivity contribution in [2.24, 2.45) is 5.73 Å². The number of nitrogens with one attached hydrogen (secondary N) is 2. The van der Waals surface area contributed by atoms with Crippen LogP contribution in [0.15, 0.2) is 54.7 Å². The van der Waals surface area contributed by atoms with Gasteiger partial charge in [-0.05, 0) is 48.6 Å². The fourth-order valence-corrected chi connectivity index (χ4v) is 3.69. The predicted molar refractivity (Wildman–Crippen MR) is 114 cm³/mol. The number of aromatic nitrogens is 1. The molecule has 5 N–H and O–H groups in total. The van der Waals surface area contributed by atoms with Crippen molar-refractivity contribution in [2.75, 3.05) is 6.54 Å². The maximum absolute atomic E-state index is 11.4. The topological polar surface area (TPSA) is 91.1 Å². The number of hydrogen-bond donors (Lipinski definition) is 4. The SMILES string of the molecule is NCC(CCc1ccc(Cl)cc1)N[C@@H](CC(=O)O)Cc1c[nH]c2ccccc12. The summed E-state index contributed by atoms with van der Waals surface area (Å²) in [7, 11) is 0. The van der Waals surface area contributed by atoms with Crippen LogP contribution in [0.1, 0.15) is 24.0 Å². The molecule has 6 heteroatoms. The molecule has 0 aliphatic heterocycles. The van der Waals surface area contributed by atoms with Crippen LogP contribution in [-0.4, -0.2) is 34.7 Å². The van der Waals surface area contributed by atoms with Gasteiger partial charge in [0.1, 0.15) is 0 Å². The van der Waals surface area contributed by atoms with Crippen LogP contribution in [0, 0.1) is 0 Å². The Balaban J connectivity index is 1.66. The zero-order valence-corrected chi connectivity index (χ0v) is 16.5. The summed E-state index contributed by atoms with van der Waals surface area (Å²) < 4.78 is 0. The van der Waals surface area contributed by atoms with E-state index in [1.165, 1.54) is 5.56 Å². The summed E-state index contributed by atoms with van der Waals surface area (Å²) in [6.45, 7) is 0.456. The number of rotatable bonds is 10. The molecule has 0 aliphatic carbocycles. The fraction of sp³-hybridized carbons (Fsp3) is 0.318. The summed E-state index contributed by atoms with van der Waals surface area (Å²) in [5.74, 6) is -0.814. The smallest absolute Gasteiger partial charge is 0.304 e. The lowest BCUT2D eigenvalue weighted by atomic mass is 9.99. The molecule has 3 aromatic rings. The van der Waals surface area contributed by atoms with Gasteiger partial charge < -0.3 is 21.1 Å². The van der Waals surface area contributed by atoms with Gasteiger partial charge in [-0.2, -0.15) is 0 Å². The number of halogens is 1. The highest BCUT2D eigenvalue weighted by atomic mass is 35.5. The number of aryl methyl sites for hydroxylation is 1. The van der Waals surface area contributed by atoms with E-state index in [1.54, 1.807) is 0 Å². The summed E-state index contributed by atoms with van der Waals surface area (Å²) in [5, 5.41) is 14.7. The van der Waals surface area contributed by atoms with Crippen molar-refractivity contribution in [1.82, 2.24) is 10.3 Å². The first-order valence-corrected chi connectivity index (χ1v) is 9.90. The number of hydrogen-bond acceptors (Lipinski definition) is 3. The van der Waals surface area contributed by atoms with E-state index in [2.05, 4.69) is 16.4 Å². The highest BCUT2D eigenvalue weighted by Gasteiger charge is 2.19. The van der Waals surface area contributed by atoms with E-state index in [0.29, 0.717) is 13.0 Å². The third kappa shape index (κ3) is 5.58. The van der Waals surface area contributed by atoms with Crippen molar-refractivity contribution < 1.29 is 9.90 Å². The van der Waals surface area contributed by atoms with Crippen LogP contribution in [0.2, 0.25) is 5.02 Å². The van der Waals surface area contributed by atoms with E-state index in [1.807, 2.05) is 48.7 Å². The predicted octanol–water partition coefficient (Wildman–Crippen LogP) is 3.76. The van der Waals surface area contributed by atoms with Crippen LogP contribution < -0.4 is 11.1 Å². The van der Waals surface area contributed by atoms with Crippen molar-refractivity contribution in [3.63, 3.8) is 0 Å². The first-order chi connectivity index (χ1) is 13.5. The number of para-hydroxylation sites is 1. The number of aliphatic carboxylic acids is 1. The third-order valence-corrected chi connectivity index (χ3v) is 5.26. The number of H-pyrrole nitrogens is 1. The first-order valence-electron chi connectivity index (χ1n) is 9.52. The maximum atomic E-state index is 11.4. The molecule has 0 saturated carbocycles. The summed E-state index contributed by atoms with van der Waals surface area (Å²) in [6.07, 6.45) is 4.35. The standard InChI is InChI=1S/C22H26ClN3O2/c23-17-8-5-15(6-9-17)7-10-18(13-24)26-19(12-22(27)28)11-16-14-25-21-4-2-1-3-20(16)21/h1-6,8-9,14,18-19,25-26H,7,10-13,24H2,(H,27,28)/t18?,19-/m1/s1. The van der Waals surface area contributed by atoms with Crippen molar-refractivity contribution in [1.29, 1.82) is 0 Å². The van der Waals surface area contributed by atoms with Crippen molar-refractivity contribution in [3.05, 3.63) is 70.9 Å². The van der Waals surface area contributed by atoms with Gasteiger partial charge in [0.2, 0.25) is 0 Å². The van der Waals surface area contributed by atoms with Gasteiger partial charge in [0.15, 0.2) is 0 Å². The van der Waals surface area contributed by atoms with E-state index in [4.69, 9.17) is 17.3 Å². The third-order valence-electron chi connectivity index (χ3n) is 5.01. The Morgan fingerprint density at radius 3 is 2.61 bits per heavy atom.